The fourth-order valence-corrected chi connectivity index (χ4v) is 3.80. The number of rotatable bonds is 2. The van der Waals surface area contributed by atoms with Crippen molar-refractivity contribution in [3.63, 3.8) is 0 Å². The maximum Gasteiger partial charge on any atom is 0.214 e. The average Bonchev–Trinajstić information content (AvgIpc) is 2.99. The molecule has 0 spiro atoms. The first-order chi connectivity index (χ1) is 9.18. The van der Waals surface area contributed by atoms with Gasteiger partial charge in [-0.2, -0.15) is 5.10 Å². The van der Waals surface area contributed by atoms with Gasteiger partial charge in [0.15, 0.2) is 5.82 Å². The topological polar surface area (TPSA) is 36.9 Å². The summed E-state index contributed by atoms with van der Waals surface area (Å²) in [5.74, 6) is 0.931. The Morgan fingerprint density at radius 1 is 1.37 bits per heavy atom. The second kappa shape index (κ2) is 5.09. The van der Waals surface area contributed by atoms with Crippen LogP contribution in [-0.4, -0.2) is 27.0 Å². The normalized spacial score (nSPS) is 23.8. The molecule has 1 aliphatic heterocycles. The van der Waals surface area contributed by atoms with Crippen molar-refractivity contribution in [3.05, 3.63) is 22.3 Å². The van der Waals surface area contributed by atoms with Crippen molar-refractivity contribution in [2.24, 2.45) is 0 Å². The highest BCUT2D eigenvalue weighted by Gasteiger charge is 2.28. The molecule has 0 amide bonds. The maximum absolute atomic E-state index is 5.44. The molecule has 0 aliphatic carbocycles. The van der Waals surface area contributed by atoms with Crippen molar-refractivity contribution in [2.45, 2.75) is 45.2 Å². The Kier molecular flexibility index (Phi) is 3.45. The molecule has 2 unspecified atom stereocenters. The number of thiophene rings is 1. The van der Waals surface area contributed by atoms with Gasteiger partial charge < -0.3 is 5.01 Å². The second-order valence-corrected chi connectivity index (χ2v) is 6.48. The Hall–Kier alpha value is -1.14. The summed E-state index contributed by atoms with van der Waals surface area (Å²) in [4.78, 5) is 1.15. The van der Waals surface area contributed by atoms with Crippen LogP contribution in [0.1, 0.15) is 33.1 Å². The Labute approximate surface area is 122 Å². The van der Waals surface area contributed by atoms with Gasteiger partial charge in [0, 0.05) is 12.1 Å². The molecule has 1 saturated heterocycles. The first-order valence-corrected chi connectivity index (χ1v) is 7.97. The van der Waals surface area contributed by atoms with E-state index >= 15 is 0 Å². The highest BCUT2D eigenvalue weighted by atomic mass is 32.1. The van der Waals surface area contributed by atoms with Crippen LogP contribution in [-0.2, 0) is 0 Å². The van der Waals surface area contributed by atoms with Gasteiger partial charge in [-0.3, -0.25) is 0 Å². The first-order valence-electron chi connectivity index (χ1n) is 6.68. The fraction of sp³-hybridized carbons (Fsp3) is 0.538. The van der Waals surface area contributed by atoms with Gasteiger partial charge in [0.25, 0.3) is 0 Å². The number of H-pyrrole nitrogens is 1. The number of hydrogen-bond acceptors (Lipinski definition) is 4. The highest BCUT2D eigenvalue weighted by Crippen LogP contribution is 2.27. The van der Waals surface area contributed by atoms with Crippen molar-refractivity contribution in [2.75, 3.05) is 5.01 Å². The van der Waals surface area contributed by atoms with E-state index in [-0.39, 0.29) is 0 Å². The maximum atomic E-state index is 5.44. The summed E-state index contributed by atoms with van der Waals surface area (Å²) < 4.78 is 2.78. The highest BCUT2D eigenvalue weighted by molar-refractivity contribution is 7.71. The van der Waals surface area contributed by atoms with Crippen LogP contribution in [0, 0.1) is 4.77 Å². The lowest BCUT2D eigenvalue weighted by Crippen LogP contribution is -2.51. The Balaban J connectivity index is 2.09. The summed E-state index contributed by atoms with van der Waals surface area (Å²) >= 11 is 7.14. The zero-order valence-corrected chi connectivity index (χ0v) is 12.8. The monoisotopic (exact) mass is 294 g/mol. The van der Waals surface area contributed by atoms with E-state index in [1.807, 2.05) is 6.07 Å². The van der Waals surface area contributed by atoms with E-state index in [2.05, 4.69) is 45.2 Å². The molecule has 1 aliphatic rings. The summed E-state index contributed by atoms with van der Waals surface area (Å²) in [5.41, 5.74) is 0. The van der Waals surface area contributed by atoms with Crippen molar-refractivity contribution in [3.8, 4) is 10.7 Å². The third kappa shape index (κ3) is 2.23. The third-order valence-corrected chi connectivity index (χ3v) is 4.90. The van der Waals surface area contributed by atoms with Crippen LogP contribution in [0.5, 0.6) is 0 Å². The minimum Gasteiger partial charge on any atom is -0.303 e. The largest absolute Gasteiger partial charge is 0.303 e. The van der Waals surface area contributed by atoms with Crippen LogP contribution in [0.3, 0.4) is 0 Å². The van der Waals surface area contributed by atoms with E-state index in [0.717, 1.165) is 10.7 Å². The minimum atomic E-state index is 0.492. The lowest BCUT2D eigenvalue weighted by atomic mass is 10.00. The zero-order chi connectivity index (χ0) is 13.4. The van der Waals surface area contributed by atoms with Crippen molar-refractivity contribution in [1.29, 1.82) is 0 Å². The molecular weight excluding hydrogens is 276 g/mol. The van der Waals surface area contributed by atoms with Crippen LogP contribution in [0.2, 0.25) is 0 Å². The first kappa shape index (κ1) is 12.9. The molecule has 0 bridgehead atoms. The van der Waals surface area contributed by atoms with Gasteiger partial charge in [0.05, 0.1) is 4.88 Å². The van der Waals surface area contributed by atoms with Gasteiger partial charge in [0.1, 0.15) is 0 Å². The molecule has 2 aromatic heterocycles. The molecule has 4 nitrogen and oxygen atoms in total. The molecule has 102 valence electrons. The van der Waals surface area contributed by atoms with Crippen molar-refractivity contribution < 1.29 is 0 Å². The summed E-state index contributed by atoms with van der Waals surface area (Å²) in [7, 11) is 0. The van der Waals surface area contributed by atoms with Crippen LogP contribution < -0.4 is 5.01 Å². The molecule has 6 heteroatoms. The molecule has 19 heavy (non-hydrogen) atoms. The summed E-state index contributed by atoms with van der Waals surface area (Å²) in [6.45, 7) is 4.53. The average molecular weight is 294 g/mol. The molecule has 2 aromatic rings. The van der Waals surface area contributed by atoms with Crippen LogP contribution in [0.25, 0.3) is 10.7 Å². The van der Waals surface area contributed by atoms with Gasteiger partial charge >= 0.3 is 0 Å². The number of hydrogen-bond donors (Lipinski definition) is 1. The molecule has 0 radical (unpaired) electrons. The van der Waals surface area contributed by atoms with E-state index in [9.17, 15) is 0 Å². The van der Waals surface area contributed by atoms with E-state index < -0.39 is 0 Å². The zero-order valence-electron chi connectivity index (χ0n) is 11.2. The molecule has 1 fully saturated rings. The van der Waals surface area contributed by atoms with E-state index in [1.165, 1.54) is 19.3 Å². The van der Waals surface area contributed by atoms with Gasteiger partial charge in [0.2, 0.25) is 4.77 Å². The number of aromatic amines is 1. The lowest BCUT2D eigenvalue weighted by Gasteiger charge is -2.41. The SMILES string of the molecule is CC1CCCC(C)N1n1c(-c2cccs2)n[nH]c1=S. The quantitative estimate of drug-likeness (QED) is 0.860. The van der Waals surface area contributed by atoms with Gasteiger partial charge in [-0.25, -0.2) is 9.77 Å². The van der Waals surface area contributed by atoms with Crippen LogP contribution in [0.4, 0.5) is 0 Å². The van der Waals surface area contributed by atoms with Gasteiger partial charge in [-0.05, 0) is 56.8 Å². The number of nitrogens with one attached hydrogen (secondary N) is 1. The predicted octanol–water partition coefficient (Wildman–Crippen LogP) is 3.57. The van der Waals surface area contributed by atoms with Gasteiger partial charge in [-0.15, -0.1) is 11.3 Å². The molecule has 3 rings (SSSR count). The molecular formula is C13H18N4S2. The summed E-state index contributed by atoms with van der Waals surface area (Å²) in [5, 5.41) is 11.8. The summed E-state index contributed by atoms with van der Waals surface area (Å²) in [6.07, 6.45) is 3.71. The predicted molar refractivity (Wildman–Crippen MR) is 81.7 cm³/mol. The second-order valence-electron chi connectivity index (χ2n) is 5.15. The number of aromatic nitrogens is 3. The molecule has 0 saturated carbocycles. The Bertz CT molecular complexity index is 588. The Morgan fingerprint density at radius 2 is 2.11 bits per heavy atom. The minimum absolute atomic E-state index is 0.492. The van der Waals surface area contributed by atoms with E-state index in [1.54, 1.807) is 11.3 Å². The van der Waals surface area contributed by atoms with Crippen LogP contribution in [0.15, 0.2) is 17.5 Å². The lowest BCUT2D eigenvalue weighted by molar-refractivity contribution is 0.336. The fourth-order valence-electron chi connectivity index (χ4n) is 2.87. The molecule has 2 atom stereocenters. The van der Waals surface area contributed by atoms with Gasteiger partial charge in [-0.1, -0.05) is 6.07 Å². The van der Waals surface area contributed by atoms with Crippen LogP contribution >= 0.6 is 23.6 Å². The molecule has 0 aromatic carbocycles. The number of nitrogens with zero attached hydrogens (tertiary/aromatic N) is 3. The molecule has 3 heterocycles. The third-order valence-electron chi connectivity index (χ3n) is 3.77. The van der Waals surface area contributed by atoms with Crippen molar-refractivity contribution >= 4 is 23.6 Å². The summed E-state index contributed by atoms with van der Waals surface area (Å²) in [6, 6.07) is 5.12. The number of piperidine rings is 1. The standard InChI is InChI=1S/C13H18N4S2/c1-9-5-3-6-10(2)16(9)17-12(14-15-13(17)18)11-7-4-8-19-11/h4,7-10H,3,5-6H2,1-2H3,(H,15,18). The van der Waals surface area contributed by atoms with Crippen molar-refractivity contribution in [1.82, 2.24) is 14.9 Å². The molecule has 1 N–H and O–H groups in total. The smallest absolute Gasteiger partial charge is 0.214 e. The van der Waals surface area contributed by atoms with E-state index in [4.69, 9.17) is 12.2 Å². The Morgan fingerprint density at radius 3 is 2.74 bits per heavy atom. The van der Waals surface area contributed by atoms with E-state index in [0.29, 0.717) is 16.9 Å².